The summed E-state index contributed by atoms with van der Waals surface area (Å²) in [4.78, 5) is 20.7. The Morgan fingerprint density at radius 1 is 1.43 bits per heavy atom. The summed E-state index contributed by atoms with van der Waals surface area (Å²) in [5.74, 6) is -2.44. The van der Waals surface area contributed by atoms with Gasteiger partial charge >= 0.3 is 6.18 Å². The van der Waals surface area contributed by atoms with Crippen LogP contribution in [0.3, 0.4) is 0 Å². The summed E-state index contributed by atoms with van der Waals surface area (Å²) in [5, 5.41) is 10.4. The number of carbonyl (C=O) groups is 2. The monoisotopic (exact) mass is 214 g/mol. The molecule has 14 heavy (non-hydrogen) atoms. The van der Waals surface area contributed by atoms with Crippen LogP contribution in [-0.4, -0.2) is 35.7 Å². The molecule has 4 N–H and O–H groups in total. The summed E-state index contributed by atoms with van der Waals surface area (Å²) in [6.45, 7) is -0.621. The number of hydrogen-bond donors (Lipinski definition) is 3. The van der Waals surface area contributed by atoms with Gasteiger partial charge in [-0.15, -0.1) is 0 Å². The minimum atomic E-state index is -4.61. The quantitative estimate of drug-likeness (QED) is 0.554. The molecule has 0 heterocycles. The molecule has 0 saturated carbocycles. The van der Waals surface area contributed by atoms with Gasteiger partial charge in [0, 0.05) is 0 Å². The van der Waals surface area contributed by atoms with Gasteiger partial charge in [-0.2, -0.15) is 13.2 Å². The molecule has 1 unspecified atom stereocenters. The first-order chi connectivity index (χ1) is 6.22. The Kier molecular flexibility index (Phi) is 4.35. The number of nitrogens with one attached hydrogen (secondary N) is 1. The minimum absolute atomic E-state index is 0.621. The predicted octanol–water partition coefficient (Wildman–Crippen LogP) is -1.10. The van der Waals surface area contributed by atoms with Crippen LogP contribution in [0.1, 0.15) is 6.42 Å². The first-order valence-corrected chi connectivity index (χ1v) is 3.53. The third-order valence-electron chi connectivity index (χ3n) is 1.18. The highest BCUT2D eigenvalue weighted by Crippen LogP contribution is 2.18. The molecule has 0 aliphatic carbocycles. The Hall–Kier alpha value is -1.31. The molecular formula is C6H9F3N2O3. The van der Waals surface area contributed by atoms with E-state index in [1.807, 2.05) is 0 Å². The number of rotatable bonds is 4. The van der Waals surface area contributed by atoms with Crippen LogP contribution in [0.5, 0.6) is 0 Å². The summed E-state index contributed by atoms with van der Waals surface area (Å²) >= 11 is 0. The van der Waals surface area contributed by atoms with E-state index in [4.69, 9.17) is 5.11 Å². The van der Waals surface area contributed by atoms with E-state index in [0.29, 0.717) is 0 Å². The fourth-order valence-corrected chi connectivity index (χ4v) is 0.556. The Labute approximate surface area is 77.1 Å². The van der Waals surface area contributed by atoms with E-state index in [1.165, 1.54) is 0 Å². The van der Waals surface area contributed by atoms with Crippen molar-refractivity contribution in [2.75, 3.05) is 6.54 Å². The maximum atomic E-state index is 11.6. The molecule has 0 fully saturated rings. The molecule has 0 aromatic carbocycles. The second kappa shape index (κ2) is 4.80. The first kappa shape index (κ1) is 12.7. The van der Waals surface area contributed by atoms with Crippen LogP contribution in [0.4, 0.5) is 13.2 Å². The molecule has 0 aromatic rings. The molecule has 8 heteroatoms. The lowest BCUT2D eigenvalue weighted by atomic mass is 10.3. The van der Waals surface area contributed by atoms with Crippen molar-refractivity contribution in [3.8, 4) is 0 Å². The lowest BCUT2D eigenvalue weighted by Crippen LogP contribution is -2.41. The van der Waals surface area contributed by atoms with Crippen molar-refractivity contribution in [1.82, 2.24) is 5.32 Å². The van der Waals surface area contributed by atoms with E-state index >= 15 is 0 Å². The summed E-state index contributed by atoms with van der Waals surface area (Å²) in [5.41, 5.74) is 4.59. The number of halogens is 3. The number of amides is 2. The van der Waals surface area contributed by atoms with Gasteiger partial charge in [0.15, 0.2) is 0 Å². The summed E-state index contributed by atoms with van der Waals surface area (Å²) in [6.07, 6.45) is -7.94. The predicted molar refractivity (Wildman–Crippen MR) is 38.9 cm³/mol. The molecule has 0 bridgehead atoms. The smallest absolute Gasteiger partial charge is 0.381 e. The van der Waals surface area contributed by atoms with Crippen molar-refractivity contribution < 1.29 is 27.9 Å². The largest absolute Gasteiger partial charge is 0.397 e. The maximum absolute atomic E-state index is 11.6. The highest BCUT2D eigenvalue weighted by Gasteiger charge is 2.31. The highest BCUT2D eigenvalue weighted by atomic mass is 19.4. The molecule has 0 rings (SSSR count). The molecule has 0 spiro atoms. The fourth-order valence-electron chi connectivity index (χ4n) is 0.556. The second-order valence-corrected chi connectivity index (χ2v) is 2.51. The van der Waals surface area contributed by atoms with E-state index in [-0.39, 0.29) is 0 Å². The molecule has 2 amide bonds. The number of aliphatic hydroxyl groups is 1. The van der Waals surface area contributed by atoms with Crippen LogP contribution in [0.25, 0.3) is 0 Å². The topological polar surface area (TPSA) is 92.4 Å². The van der Waals surface area contributed by atoms with Gasteiger partial charge < -0.3 is 16.2 Å². The van der Waals surface area contributed by atoms with Crippen molar-refractivity contribution in [3.05, 3.63) is 0 Å². The summed E-state index contributed by atoms with van der Waals surface area (Å²) < 4.78 is 34.7. The first-order valence-electron chi connectivity index (χ1n) is 3.53. The Bertz CT molecular complexity index is 229. The number of nitrogens with two attached hydrogens (primary N) is 1. The molecule has 82 valence electrons. The van der Waals surface area contributed by atoms with Gasteiger partial charge in [0.25, 0.3) is 0 Å². The number of alkyl halides is 3. The third-order valence-corrected chi connectivity index (χ3v) is 1.18. The number of carbonyl (C=O) groups excluding carboxylic acids is 2. The SMILES string of the molecule is NC(=O)C(O)CNC(=O)CC(F)(F)F. The zero-order valence-corrected chi connectivity index (χ0v) is 6.97. The van der Waals surface area contributed by atoms with Gasteiger partial charge in [-0.3, -0.25) is 9.59 Å². The molecule has 0 radical (unpaired) electrons. The van der Waals surface area contributed by atoms with Crippen LogP contribution < -0.4 is 11.1 Å². The number of primary amides is 1. The molecule has 5 nitrogen and oxygen atoms in total. The average molecular weight is 214 g/mol. The average Bonchev–Trinajstić information content (AvgIpc) is 1.96. The van der Waals surface area contributed by atoms with Gasteiger partial charge in [0.05, 0.1) is 6.54 Å². The van der Waals surface area contributed by atoms with E-state index in [1.54, 1.807) is 5.32 Å². The van der Waals surface area contributed by atoms with Gasteiger partial charge in [-0.1, -0.05) is 0 Å². The Balaban J connectivity index is 3.81. The Morgan fingerprint density at radius 2 is 1.93 bits per heavy atom. The van der Waals surface area contributed by atoms with Crippen molar-refractivity contribution in [2.24, 2.45) is 5.73 Å². The summed E-state index contributed by atoms with van der Waals surface area (Å²) in [6, 6.07) is 0. The van der Waals surface area contributed by atoms with Crippen molar-refractivity contribution in [1.29, 1.82) is 0 Å². The van der Waals surface area contributed by atoms with Crippen molar-refractivity contribution in [3.63, 3.8) is 0 Å². The zero-order valence-electron chi connectivity index (χ0n) is 6.97. The van der Waals surface area contributed by atoms with Gasteiger partial charge in [-0.25, -0.2) is 0 Å². The number of hydrogen-bond acceptors (Lipinski definition) is 3. The molecule has 0 saturated heterocycles. The standard InChI is InChI=1S/C6H9F3N2O3/c7-6(8,9)1-4(13)11-2-3(12)5(10)14/h3,12H,1-2H2,(H2,10,14)(H,11,13). The van der Waals surface area contributed by atoms with Crippen LogP contribution in [0.2, 0.25) is 0 Å². The van der Waals surface area contributed by atoms with Crippen molar-refractivity contribution in [2.45, 2.75) is 18.7 Å². The molecule has 1 atom stereocenters. The highest BCUT2D eigenvalue weighted by molar-refractivity contribution is 5.81. The third kappa shape index (κ3) is 6.23. The van der Waals surface area contributed by atoms with E-state index in [9.17, 15) is 22.8 Å². The maximum Gasteiger partial charge on any atom is 0.397 e. The van der Waals surface area contributed by atoms with Gasteiger partial charge in [0.2, 0.25) is 11.8 Å². The van der Waals surface area contributed by atoms with Gasteiger partial charge in [-0.05, 0) is 0 Å². The van der Waals surface area contributed by atoms with Crippen molar-refractivity contribution >= 4 is 11.8 Å². The van der Waals surface area contributed by atoms with Crippen LogP contribution in [0.15, 0.2) is 0 Å². The molecule has 0 aliphatic rings. The van der Waals surface area contributed by atoms with Crippen LogP contribution in [0, 0.1) is 0 Å². The molecular weight excluding hydrogens is 205 g/mol. The fraction of sp³-hybridized carbons (Fsp3) is 0.667. The lowest BCUT2D eigenvalue weighted by Gasteiger charge is -2.09. The van der Waals surface area contributed by atoms with E-state index < -0.39 is 37.1 Å². The van der Waals surface area contributed by atoms with Crippen LogP contribution >= 0.6 is 0 Å². The minimum Gasteiger partial charge on any atom is -0.381 e. The molecule has 0 aromatic heterocycles. The number of aliphatic hydroxyl groups excluding tert-OH is 1. The molecule has 0 aliphatic heterocycles. The van der Waals surface area contributed by atoms with E-state index in [0.717, 1.165) is 0 Å². The van der Waals surface area contributed by atoms with Crippen LogP contribution in [-0.2, 0) is 9.59 Å². The second-order valence-electron chi connectivity index (χ2n) is 2.51. The Morgan fingerprint density at radius 3 is 2.29 bits per heavy atom. The van der Waals surface area contributed by atoms with Gasteiger partial charge in [0.1, 0.15) is 12.5 Å². The summed E-state index contributed by atoms with van der Waals surface area (Å²) in [7, 11) is 0. The normalized spacial score (nSPS) is 13.4. The zero-order chi connectivity index (χ0) is 11.4. The van der Waals surface area contributed by atoms with E-state index in [2.05, 4.69) is 5.73 Å². The lowest BCUT2D eigenvalue weighted by molar-refractivity contribution is -0.154.